The molecule has 4 heteroatoms. The van der Waals surface area contributed by atoms with Crippen molar-refractivity contribution < 1.29 is 9.21 Å². The van der Waals surface area contributed by atoms with Gasteiger partial charge < -0.3 is 14.3 Å². The van der Waals surface area contributed by atoms with Crippen LogP contribution in [0.1, 0.15) is 18.1 Å². The number of nitrogens with one attached hydrogen (secondary N) is 1. The van der Waals surface area contributed by atoms with Gasteiger partial charge in [0.05, 0.1) is 6.26 Å². The predicted octanol–water partition coefficient (Wildman–Crippen LogP) is 2.00. The van der Waals surface area contributed by atoms with Gasteiger partial charge in [-0.1, -0.05) is 0 Å². The second kappa shape index (κ2) is 4.72. The first kappa shape index (κ1) is 11.1. The van der Waals surface area contributed by atoms with Crippen molar-refractivity contribution in [2.45, 2.75) is 18.9 Å². The largest absolute Gasteiger partial charge is 0.469 e. The SMILES string of the molecule is O=C(NCCn1cccc1)[C@H]1C[C@H]1c1ccco1. The van der Waals surface area contributed by atoms with E-state index in [1.165, 1.54) is 0 Å². The lowest BCUT2D eigenvalue weighted by Gasteiger charge is -2.05. The molecule has 0 aromatic carbocycles. The van der Waals surface area contributed by atoms with Crippen LogP contribution in [0.25, 0.3) is 0 Å². The van der Waals surface area contributed by atoms with E-state index in [0.29, 0.717) is 6.54 Å². The van der Waals surface area contributed by atoms with E-state index in [1.54, 1.807) is 6.26 Å². The van der Waals surface area contributed by atoms with Crippen LogP contribution in [0.3, 0.4) is 0 Å². The molecule has 2 heterocycles. The van der Waals surface area contributed by atoms with E-state index in [2.05, 4.69) is 9.88 Å². The first-order valence-corrected chi connectivity index (χ1v) is 6.26. The maximum Gasteiger partial charge on any atom is 0.223 e. The van der Waals surface area contributed by atoms with Crippen molar-refractivity contribution in [3.05, 3.63) is 48.7 Å². The summed E-state index contributed by atoms with van der Waals surface area (Å²) in [5, 5.41) is 2.97. The van der Waals surface area contributed by atoms with Crippen molar-refractivity contribution in [2.75, 3.05) is 6.54 Å². The lowest BCUT2D eigenvalue weighted by atomic mass is 10.2. The number of carbonyl (C=O) groups is 1. The molecule has 0 radical (unpaired) electrons. The summed E-state index contributed by atoms with van der Waals surface area (Å²) in [5.74, 6) is 1.46. The molecule has 1 fully saturated rings. The third-order valence-electron chi connectivity index (χ3n) is 3.37. The van der Waals surface area contributed by atoms with Crippen LogP contribution in [0.5, 0.6) is 0 Å². The fraction of sp³-hybridized carbons (Fsp3) is 0.357. The lowest BCUT2D eigenvalue weighted by Crippen LogP contribution is -2.28. The van der Waals surface area contributed by atoms with Gasteiger partial charge in [0.25, 0.3) is 0 Å². The van der Waals surface area contributed by atoms with Crippen LogP contribution in [0.15, 0.2) is 47.3 Å². The molecule has 2 atom stereocenters. The molecule has 4 nitrogen and oxygen atoms in total. The van der Waals surface area contributed by atoms with E-state index in [-0.39, 0.29) is 17.7 Å². The molecule has 1 aliphatic rings. The zero-order valence-corrected chi connectivity index (χ0v) is 10.1. The Kier molecular flexibility index (Phi) is 2.92. The molecule has 0 saturated heterocycles. The number of rotatable bonds is 5. The molecule has 1 aliphatic carbocycles. The average Bonchev–Trinajstić information content (AvgIpc) is 2.84. The first-order valence-electron chi connectivity index (χ1n) is 6.26. The standard InChI is InChI=1S/C14H16N2O2/c17-14(15-5-8-16-6-1-2-7-16)12-10-11(12)13-4-3-9-18-13/h1-4,6-7,9,11-12H,5,8,10H2,(H,15,17)/t11-,12+/m1/s1. The molecule has 2 aromatic heterocycles. The van der Waals surface area contributed by atoms with Crippen LogP contribution >= 0.6 is 0 Å². The Morgan fingerprint density at radius 2 is 2.22 bits per heavy atom. The van der Waals surface area contributed by atoms with Gasteiger partial charge in [-0.3, -0.25) is 4.79 Å². The van der Waals surface area contributed by atoms with Gasteiger partial charge >= 0.3 is 0 Å². The molecule has 0 aliphatic heterocycles. The van der Waals surface area contributed by atoms with Gasteiger partial charge in [-0.15, -0.1) is 0 Å². The Morgan fingerprint density at radius 3 is 2.94 bits per heavy atom. The van der Waals surface area contributed by atoms with Crippen LogP contribution in [-0.4, -0.2) is 17.0 Å². The van der Waals surface area contributed by atoms with E-state index in [0.717, 1.165) is 18.7 Å². The van der Waals surface area contributed by atoms with E-state index >= 15 is 0 Å². The van der Waals surface area contributed by atoms with Crippen LogP contribution in [-0.2, 0) is 11.3 Å². The number of aromatic nitrogens is 1. The highest BCUT2D eigenvalue weighted by Crippen LogP contribution is 2.47. The molecule has 0 bridgehead atoms. The van der Waals surface area contributed by atoms with Gasteiger partial charge in [0.2, 0.25) is 5.91 Å². The highest BCUT2D eigenvalue weighted by molar-refractivity contribution is 5.82. The summed E-state index contributed by atoms with van der Waals surface area (Å²) < 4.78 is 7.37. The Labute approximate surface area is 106 Å². The Morgan fingerprint density at radius 1 is 1.39 bits per heavy atom. The van der Waals surface area contributed by atoms with Crippen molar-refractivity contribution in [1.29, 1.82) is 0 Å². The molecule has 2 aromatic rings. The van der Waals surface area contributed by atoms with Crippen LogP contribution < -0.4 is 5.32 Å². The normalized spacial score (nSPS) is 21.8. The van der Waals surface area contributed by atoms with Crippen molar-refractivity contribution in [3.8, 4) is 0 Å². The maximum atomic E-state index is 11.9. The van der Waals surface area contributed by atoms with Crippen molar-refractivity contribution in [2.24, 2.45) is 5.92 Å². The minimum absolute atomic E-state index is 0.0980. The van der Waals surface area contributed by atoms with E-state index < -0.39 is 0 Å². The lowest BCUT2D eigenvalue weighted by molar-refractivity contribution is -0.122. The summed E-state index contributed by atoms with van der Waals surface area (Å²) >= 11 is 0. The summed E-state index contributed by atoms with van der Waals surface area (Å²) in [5.41, 5.74) is 0. The van der Waals surface area contributed by atoms with Gasteiger partial charge in [0.1, 0.15) is 5.76 Å². The van der Waals surface area contributed by atoms with Gasteiger partial charge in [-0.2, -0.15) is 0 Å². The van der Waals surface area contributed by atoms with Crippen molar-refractivity contribution >= 4 is 5.91 Å². The van der Waals surface area contributed by atoms with Crippen LogP contribution in [0, 0.1) is 5.92 Å². The zero-order valence-electron chi connectivity index (χ0n) is 10.1. The summed E-state index contributed by atoms with van der Waals surface area (Å²) in [6.07, 6.45) is 6.56. The topological polar surface area (TPSA) is 47.2 Å². The van der Waals surface area contributed by atoms with Crippen LogP contribution in [0.2, 0.25) is 0 Å². The number of amides is 1. The van der Waals surface area contributed by atoms with E-state index in [1.807, 2.05) is 36.7 Å². The Hall–Kier alpha value is -1.97. The van der Waals surface area contributed by atoms with E-state index in [9.17, 15) is 4.79 Å². The third kappa shape index (κ3) is 2.32. The maximum absolute atomic E-state index is 11.9. The van der Waals surface area contributed by atoms with E-state index in [4.69, 9.17) is 4.42 Å². The molecule has 94 valence electrons. The molecular formula is C14H16N2O2. The second-order valence-electron chi connectivity index (χ2n) is 4.68. The molecule has 18 heavy (non-hydrogen) atoms. The summed E-state index contributed by atoms with van der Waals surface area (Å²) in [6, 6.07) is 7.78. The molecule has 3 rings (SSSR count). The highest BCUT2D eigenvalue weighted by Gasteiger charge is 2.45. The number of nitrogens with zero attached hydrogens (tertiary/aromatic N) is 1. The predicted molar refractivity (Wildman–Crippen MR) is 67.0 cm³/mol. The smallest absolute Gasteiger partial charge is 0.223 e. The molecule has 0 unspecified atom stereocenters. The minimum Gasteiger partial charge on any atom is -0.469 e. The third-order valence-corrected chi connectivity index (χ3v) is 3.37. The Bertz CT molecular complexity index is 502. The average molecular weight is 244 g/mol. The van der Waals surface area contributed by atoms with Gasteiger partial charge in [-0.25, -0.2) is 0 Å². The minimum atomic E-state index is 0.0980. The number of hydrogen-bond acceptors (Lipinski definition) is 2. The van der Waals surface area contributed by atoms with Gasteiger partial charge in [-0.05, 0) is 30.7 Å². The highest BCUT2D eigenvalue weighted by atomic mass is 16.3. The summed E-state index contributed by atoms with van der Waals surface area (Å²) in [7, 11) is 0. The fourth-order valence-electron chi connectivity index (χ4n) is 2.26. The number of carbonyl (C=O) groups excluding carboxylic acids is 1. The van der Waals surface area contributed by atoms with Gasteiger partial charge in [0, 0.05) is 37.3 Å². The molecule has 1 N–H and O–H groups in total. The van der Waals surface area contributed by atoms with Crippen LogP contribution in [0.4, 0.5) is 0 Å². The van der Waals surface area contributed by atoms with Gasteiger partial charge in [0.15, 0.2) is 0 Å². The quantitative estimate of drug-likeness (QED) is 0.874. The molecule has 1 amide bonds. The second-order valence-corrected chi connectivity index (χ2v) is 4.68. The van der Waals surface area contributed by atoms with Crippen molar-refractivity contribution in [1.82, 2.24) is 9.88 Å². The molecule has 1 saturated carbocycles. The molecule has 0 spiro atoms. The summed E-state index contributed by atoms with van der Waals surface area (Å²) in [4.78, 5) is 11.9. The summed E-state index contributed by atoms with van der Waals surface area (Å²) in [6.45, 7) is 1.49. The first-order chi connectivity index (χ1) is 8.84. The fourth-order valence-corrected chi connectivity index (χ4v) is 2.26. The Balaban J connectivity index is 1.43. The molecular weight excluding hydrogens is 228 g/mol. The zero-order chi connectivity index (χ0) is 12.4. The van der Waals surface area contributed by atoms with Crippen molar-refractivity contribution in [3.63, 3.8) is 0 Å². The number of furan rings is 1. The number of hydrogen-bond donors (Lipinski definition) is 1. The monoisotopic (exact) mass is 244 g/mol.